The molecule has 0 aliphatic rings. The molecule has 0 aliphatic heterocycles. The Balaban J connectivity index is 2.38. The van der Waals surface area contributed by atoms with E-state index in [4.69, 9.17) is 0 Å². The molecule has 5 heteroatoms. The van der Waals surface area contributed by atoms with Crippen molar-refractivity contribution in [2.75, 3.05) is 0 Å². The third kappa shape index (κ3) is 1.60. The van der Waals surface area contributed by atoms with Crippen LogP contribution in [0.25, 0.3) is 0 Å². The molecule has 2 aromatic rings. The van der Waals surface area contributed by atoms with Gasteiger partial charge in [0, 0.05) is 4.88 Å². The number of ketones is 1. The largest absolute Gasteiger partial charge is 0.287 e. The topological polar surface area (TPSA) is 42.9 Å². The standard InChI is InChI=1S/C9H8N2OS2/c1-5-3-4-7(13-5)8(12)9-6(2)10-11-14-9/h3-4H,1-2H3. The SMILES string of the molecule is Cc1ccc(C(=O)c2snnc2C)s1. The minimum atomic E-state index is 0.0376. The highest BCUT2D eigenvalue weighted by atomic mass is 32.1. The summed E-state index contributed by atoms with van der Waals surface area (Å²) in [6.07, 6.45) is 0. The van der Waals surface area contributed by atoms with Gasteiger partial charge in [0.05, 0.1) is 10.6 Å². The van der Waals surface area contributed by atoms with Gasteiger partial charge >= 0.3 is 0 Å². The van der Waals surface area contributed by atoms with E-state index >= 15 is 0 Å². The number of thiophene rings is 1. The molecule has 72 valence electrons. The Morgan fingerprint density at radius 2 is 2.14 bits per heavy atom. The van der Waals surface area contributed by atoms with E-state index in [9.17, 15) is 4.79 Å². The fourth-order valence-corrected chi connectivity index (χ4v) is 2.60. The molecule has 0 radical (unpaired) electrons. The molecule has 0 N–H and O–H groups in total. The van der Waals surface area contributed by atoms with Gasteiger partial charge in [0.1, 0.15) is 4.88 Å². The number of nitrogens with zero attached hydrogens (tertiary/aromatic N) is 2. The van der Waals surface area contributed by atoms with Crippen molar-refractivity contribution in [3.63, 3.8) is 0 Å². The van der Waals surface area contributed by atoms with Gasteiger partial charge in [-0.2, -0.15) is 0 Å². The van der Waals surface area contributed by atoms with Gasteiger partial charge < -0.3 is 0 Å². The summed E-state index contributed by atoms with van der Waals surface area (Å²) in [5.41, 5.74) is 0.714. The molecule has 0 bridgehead atoms. The minimum absolute atomic E-state index is 0.0376. The van der Waals surface area contributed by atoms with Crippen LogP contribution in [0.15, 0.2) is 12.1 Å². The second-order valence-corrected chi connectivity index (χ2v) is 4.97. The van der Waals surface area contributed by atoms with E-state index in [2.05, 4.69) is 9.59 Å². The lowest BCUT2D eigenvalue weighted by atomic mass is 10.2. The first kappa shape index (κ1) is 9.48. The first-order chi connectivity index (χ1) is 6.68. The number of hydrogen-bond donors (Lipinski definition) is 0. The van der Waals surface area contributed by atoms with Crippen molar-refractivity contribution in [2.45, 2.75) is 13.8 Å². The summed E-state index contributed by atoms with van der Waals surface area (Å²) in [7, 11) is 0. The lowest BCUT2D eigenvalue weighted by Gasteiger charge is -1.91. The number of carbonyl (C=O) groups excluding carboxylic acids is 1. The summed E-state index contributed by atoms with van der Waals surface area (Å²) in [6.45, 7) is 3.79. The van der Waals surface area contributed by atoms with E-state index in [1.165, 1.54) is 11.3 Å². The molecule has 0 aliphatic carbocycles. The van der Waals surface area contributed by atoms with Gasteiger partial charge in [0.25, 0.3) is 0 Å². The number of hydrogen-bond acceptors (Lipinski definition) is 5. The third-order valence-corrected chi connectivity index (χ3v) is 3.65. The monoisotopic (exact) mass is 224 g/mol. The van der Waals surface area contributed by atoms with Crippen LogP contribution in [-0.2, 0) is 0 Å². The summed E-state index contributed by atoms with van der Waals surface area (Å²) in [5.74, 6) is 0.0376. The summed E-state index contributed by atoms with van der Waals surface area (Å²) in [5, 5.41) is 3.82. The van der Waals surface area contributed by atoms with Gasteiger partial charge in [-0.05, 0) is 37.5 Å². The molecule has 0 fully saturated rings. The Morgan fingerprint density at radius 1 is 1.36 bits per heavy atom. The van der Waals surface area contributed by atoms with Gasteiger partial charge in [0.15, 0.2) is 0 Å². The number of aryl methyl sites for hydroxylation is 2. The Labute approximate surface area is 89.6 Å². The smallest absolute Gasteiger partial charge is 0.216 e. The maximum absolute atomic E-state index is 11.9. The lowest BCUT2D eigenvalue weighted by Crippen LogP contribution is -1.97. The quantitative estimate of drug-likeness (QED) is 0.736. The zero-order valence-corrected chi connectivity index (χ0v) is 9.41. The molecule has 2 aromatic heterocycles. The molecule has 2 rings (SSSR count). The van der Waals surface area contributed by atoms with Crippen molar-refractivity contribution in [2.24, 2.45) is 0 Å². The van der Waals surface area contributed by atoms with Crippen LogP contribution in [-0.4, -0.2) is 15.4 Å². The molecule has 0 atom stereocenters. The van der Waals surface area contributed by atoms with Gasteiger partial charge in [-0.1, -0.05) is 4.49 Å². The van der Waals surface area contributed by atoms with Crippen LogP contribution in [0.3, 0.4) is 0 Å². The lowest BCUT2D eigenvalue weighted by molar-refractivity contribution is 0.104. The second-order valence-electron chi connectivity index (χ2n) is 2.93. The minimum Gasteiger partial charge on any atom is -0.287 e. The Kier molecular flexibility index (Phi) is 2.43. The molecular formula is C9H8N2OS2. The van der Waals surface area contributed by atoms with Crippen LogP contribution < -0.4 is 0 Å². The Bertz CT molecular complexity index is 473. The Hall–Kier alpha value is -1.07. The number of aromatic nitrogens is 2. The van der Waals surface area contributed by atoms with E-state index in [0.717, 1.165) is 21.3 Å². The Morgan fingerprint density at radius 3 is 2.64 bits per heavy atom. The fraction of sp³-hybridized carbons (Fsp3) is 0.222. The molecule has 14 heavy (non-hydrogen) atoms. The molecule has 0 spiro atoms. The normalized spacial score (nSPS) is 10.4. The maximum atomic E-state index is 11.9. The predicted octanol–water partition coefficient (Wildman–Crippen LogP) is 2.45. The molecule has 0 amide bonds. The molecule has 3 nitrogen and oxygen atoms in total. The van der Waals surface area contributed by atoms with E-state index in [1.807, 2.05) is 19.1 Å². The highest BCUT2D eigenvalue weighted by molar-refractivity contribution is 7.15. The van der Waals surface area contributed by atoms with Crippen LogP contribution in [0.1, 0.15) is 25.1 Å². The van der Waals surface area contributed by atoms with Crippen LogP contribution in [0.5, 0.6) is 0 Å². The van der Waals surface area contributed by atoms with Gasteiger partial charge in [-0.3, -0.25) is 4.79 Å². The highest BCUT2D eigenvalue weighted by Crippen LogP contribution is 2.21. The van der Waals surface area contributed by atoms with Gasteiger partial charge in [-0.15, -0.1) is 16.4 Å². The van der Waals surface area contributed by atoms with Crippen LogP contribution >= 0.6 is 22.9 Å². The van der Waals surface area contributed by atoms with Crippen molar-refractivity contribution in [3.8, 4) is 0 Å². The molecule has 0 unspecified atom stereocenters. The van der Waals surface area contributed by atoms with Crippen molar-refractivity contribution in [1.82, 2.24) is 9.59 Å². The zero-order chi connectivity index (χ0) is 10.1. The van der Waals surface area contributed by atoms with E-state index in [0.29, 0.717) is 10.6 Å². The van der Waals surface area contributed by atoms with Crippen molar-refractivity contribution < 1.29 is 4.79 Å². The van der Waals surface area contributed by atoms with E-state index < -0.39 is 0 Å². The molecule has 0 aromatic carbocycles. The van der Waals surface area contributed by atoms with Gasteiger partial charge in [0.2, 0.25) is 5.78 Å². The summed E-state index contributed by atoms with van der Waals surface area (Å²) < 4.78 is 3.75. The first-order valence-corrected chi connectivity index (χ1v) is 5.67. The number of rotatable bonds is 2. The summed E-state index contributed by atoms with van der Waals surface area (Å²) >= 11 is 2.66. The van der Waals surface area contributed by atoms with Crippen LogP contribution in [0, 0.1) is 13.8 Å². The van der Waals surface area contributed by atoms with Crippen LogP contribution in [0.2, 0.25) is 0 Å². The van der Waals surface area contributed by atoms with E-state index in [1.54, 1.807) is 6.92 Å². The summed E-state index contributed by atoms with van der Waals surface area (Å²) in [6, 6.07) is 3.79. The molecule has 0 saturated carbocycles. The highest BCUT2D eigenvalue weighted by Gasteiger charge is 2.16. The molecule has 2 heterocycles. The predicted molar refractivity (Wildman–Crippen MR) is 57.1 cm³/mol. The van der Waals surface area contributed by atoms with Gasteiger partial charge in [-0.25, -0.2) is 0 Å². The summed E-state index contributed by atoms with van der Waals surface area (Å²) in [4.78, 5) is 14.4. The molecular weight excluding hydrogens is 216 g/mol. The van der Waals surface area contributed by atoms with Crippen molar-refractivity contribution >= 4 is 28.7 Å². The second kappa shape index (κ2) is 3.59. The van der Waals surface area contributed by atoms with E-state index in [-0.39, 0.29) is 5.78 Å². The first-order valence-electron chi connectivity index (χ1n) is 4.08. The van der Waals surface area contributed by atoms with Crippen molar-refractivity contribution in [3.05, 3.63) is 32.5 Å². The number of carbonyl (C=O) groups is 1. The average Bonchev–Trinajstić information content (AvgIpc) is 2.73. The van der Waals surface area contributed by atoms with Crippen molar-refractivity contribution in [1.29, 1.82) is 0 Å². The fourth-order valence-electron chi connectivity index (χ4n) is 1.11. The zero-order valence-electron chi connectivity index (χ0n) is 7.77. The average molecular weight is 224 g/mol. The third-order valence-electron chi connectivity index (χ3n) is 1.82. The molecule has 0 saturated heterocycles. The van der Waals surface area contributed by atoms with Crippen LogP contribution in [0.4, 0.5) is 0 Å². The maximum Gasteiger partial charge on any atom is 0.216 e.